The highest BCUT2D eigenvalue weighted by molar-refractivity contribution is 5.77. The van der Waals surface area contributed by atoms with Crippen LogP contribution in [0.5, 0.6) is 0 Å². The number of nitrogens with one attached hydrogen (secondary N) is 1. The van der Waals surface area contributed by atoms with Crippen molar-refractivity contribution in [1.29, 1.82) is 0 Å². The van der Waals surface area contributed by atoms with Crippen molar-refractivity contribution in [2.24, 2.45) is 7.05 Å². The van der Waals surface area contributed by atoms with Gasteiger partial charge in [0.15, 0.2) is 0 Å². The molecule has 0 aliphatic carbocycles. The van der Waals surface area contributed by atoms with Crippen LogP contribution in [0.15, 0.2) is 54.7 Å². The van der Waals surface area contributed by atoms with Gasteiger partial charge in [0.2, 0.25) is 5.91 Å². The number of benzene rings is 1. The number of carbonyl (C=O) groups is 1. The van der Waals surface area contributed by atoms with E-state index < -0.39 is 0 Å². The van der Waals surface area contributed by atoms with Crippen molar-refractivity contribution in [3.05, 3.63) is 82.9 Å². The molecule has 0 aliphatic heterocycles. The van der Waals surface area contributed by atoms with Crippen LogP contribution < -0.4 is 5.32 Å². The maximum absolute atomic E-state index is 12.6. The molecule has 134 valence electrons. The van der Waals surface area contributed by atoms with E-state index in [-0.39, 0.29) is 11.9 Å². The van der Waals surface area contributed by atoms with Gasteiger partial charge in [0.25, 0.3) is 0 Å². The number of aryl methyl sites for hydroxylation is 2. The maximum atomic E-state index is 12.6. The number of rotatable bonds is 6. The van der Waals surface area contributed by atoms with Crippen molar-refractivity contribution >= 4 is 5.91 Å². The van der Waals surface area contributed by atoms with Gasteiger partial charge in [-0.3, -0.25) is 14.5 Å². The Bertz CT molecular complexity index is 832. The SMILES string of the molecule is Cc1nn(C)c(C)c1CCC(=O)NC(c1ccccc1)c1ccccn1. The Balaban J connectivity index is 1.74. The summed E-state index contributed by atoms with van der Waals surface area (Å²) in [5.41, 5.74) is 5.10. The highest BCUT2D eigenvalue weighted by Gasteiger charge is 2.18. The Morgan fingerprint density at radius 1 is 1.12 bits per heavy atom. The van der Waals surface area contributed by atoms with Crippen molar-refractivity contribution in [2.75, 3.05) is 0 Å². The fourth-order valence-electron chi connectivity index (χ4n) is 3.17. The first-order valence-corrected chi connectivity index (χ1v) is 8.80. The molecule has 0 saturated carbocycles. The first kappa shape index (κ1) is 17.9. The lowest BCUT2D eigenvalue weighted by Crippen LogP contribution is -2.30. The third kappa shape index (κ3) is 3.99. The van der Waals surface area contributed by atoms with Gasteiger partial charge in [-0.25, -0.2) is 0 Å². The molecule has 0 fully saturated rings. The second kappa shape index (κ2) is 7.95. The van der Waals surface area contributed by atoms with Crippen LogP contribution in [0.1, 0.15) is 40.7 Å². The van der Waals surface area contributed by atoms with Gasteiger partial charge in [-0.15, -0.1) is 0 Å². The maximum Gasteiger partial charge on any atom is 0.221 e. The van der Waals surface area contributed by atoms with E-state index in [1.165, 1.54) is 0 Å². The van der Waals surface area contributed by atoms with Crippen molar-refractivity contribution < 1.29 is 4.79 Å². The summed E-state index contributed by atoms with van der Waals surface area (Å²) < 4.78 is 1.86. The third-order valence-electron chi connectivity index (χ3n) is 4.68. The van der Waals surface area contributed by atoms with Gasteiger partial charge >= 0.3 is 0 Å². The number of amides is 1. The van der Waals surface area contributed by atoms with E-state index in [9.17, 15) is 4.79 Å². The largest absolute Gasteiger partial charge is 0.344 e. The summed E-state index contributed by atoms with van der Waals surface area (Å²) in [6.07, 6.45) is 2.85. The Labute approximate surface area is 154 Å². The smallest absolute Gasteiger partial charge is 0.221 e. The van der Waals surface area contributed by atoms with Crippen molar-refractivity contribution in [1.82, 2.24) is 20.1 Å². The van der Waals surface area contributed by atoms with Crippen LogP contribution in [0.4, 0.5) is 0 Å². The number of carbonyl (C=O) groups excluding carboxylic acids is 1. The zero-order valence-corrected chi connectivity index (χ0v) is 15.4. The minimum atomic E-state index is -0.249. The summed E-state index contributed by atoms with van der Waals surface area (Å²) in [7, 11) is 1.93. The number of pyridine rings is 1. The average molecular weight is 348 g/mol. The lowest BCUT2D eigenvalue weighted by Gasteiger charge is -2.19. The molecular formula is C21H24N4O. The van der Waals surface area contributed by atoms with Gasteiger partial charge in [0.1, 0.15) is 0 Å². The topological polar surface area (TPSA) is 59.8 Å². The predicted molar refractivity (Wildman–Crippen MR) is 102 cm³/mol. The molecule has 1 atom stereocenters. The summed E-state index contributed by atoms with van der Waals surface area (Å²) in [5, 5.41) is 7.56. The highest BCUT2D eigenvalue weighted by Crippen LogP contribution is 2.20. The predicted octanol–water partition coefficient (Wildman–Crippen LogP) is 3.27. The number of nitrogens with zero attached hydrogens (tertiary/aromatic N) is 3. The molecule has 1 amide bonds. The van der Waals surface area contributed by atoms with Crippen LogP contribution in [0.2, 0.25) is 0 Å². The minimum Gasteiger partial charge on any atom is -0.344 e. The first-order chi connectivity index (χ1) is 12.6. The zero-order chi connectivity index (χ0) is 18.5. The van der Waals surface area contributed by atoms with Crippen molar-refractivity contribution in [2.45, 2.75) is 32.7 Å². The summed E-state index contributed by atoms with van der Waals surface area (Å²) in [6.45, 7) is 4.02. The molecule has 26 heavy (non-hydrogen) atoms. The lowest BCUT2D eigenvalue weighted by atomic mass is 10.0. The second-order valence-electron chi connectivity index (χ2n) is 6.44. The molecule has 3 rings (SSSR count). The second-order valence-corrected chi connectivity index (χ2v) is 6.44. The Hall–Kier alpha value is -2.95. The van der Waals surface area contributed by atoms with Gasteiger partial charge < -0.3 is 5.32 Å². The molecule has 0 spiro atoms. The van der Waals surface area contributed by atoms with Gasteiger partial charge in [-0.2, -0.15) is 5.10 Å². The van der Waals surface area contributed by atoms with Crippen molar-refractivity contribution in [3.8, 4) is 0 Å². The molecule has 0 radical (unpaired) electrons. The van der Waals surface area contributed by atoms with E-state index in [4.69, 9.17) is 0 Å². The van der Waals surface area contributed by atoms with Crippen LogP contribution in [0.25, 0.3) is 0 Å². The average Bonchev–Trinajstić information content (AvgIpc) is 2.91. The highest BCUT2D eigenvalue weighted by atomic mass is 16.1. The summed E-state index contributed by atoms with van der Waals surface area (Å²) >= 11 is 0. The van der Waals surface area contributed by atoms with Crippen LogP contribution >= 0.6 is 0 Å². The van der Waals surface area contributed by atoms with Gasteiger partial charge in [-0.1, -0.05) is 36.4 Å². The molecule has 0 aliphatic rings. The molecule has 0 bridgehead atoms. The normalized spacial score (nSPS) is 12.0. The molecular weight excluding hydrogens is 324 g/mol. The summed E-state index contributed by atoms with van der Waals surface area (Å²) in [5.74, 6) is 0.00663. The third-order valence-corrected chi connectivity index (χ3v) is 4.68. The first-order valence-electron chi connectivity index (χ1n) is 8.80. The van der Waals surface area contributed by atoms with E-state index in [1.807, 2.05) is 74.1 Å². The van der Waals surface area contributed by atoms with Gasteiger partial charge in [-0.05, 0) is 43.5 Å². The van der Waals surface area contributed by atoms with Crippen LogP contribution in [0, 0.1) is 13.8 Å². The molecule has 0 saturated heterocycles. The molecule has 5 nitrogen and oxygen atoms in total. The number of hydrogen-bond donors (Lipinski definition) is 1. The molecule has 2 heterocycles. The zero-order valence-electron chi connectivity index (χ0n) is 15.4. The van der Waals surface area contributed by atoms with E-state index in [0.29, 0.717) is 12.8 Å². The molecule has 3 aromatic rings. The van der Waals surface area contributed by atoms with E-state index in [2.05, 4.69) is 15.4 Å². The molecule has 2 aromatic heterocycles. The standard InChI is InChI=1S/C21H24N4O/c1-15-18(16(2)25(3)24-15)12-13-20(26)23-21(17-9-5-4-6-10-17)19-11-7-8-14-22-19/h4-11,14,21H,12-13H2,1-3H3,(H,23,26). The minimum absolute atomic E-state index is 0.00663. The van der Waals surface area contributed by atoms with Crippen LogP contribution in [-0.4, -0.2) is 20.7 Å². The van der Waals surface area contributed by atoms with E-state index >= 15 is 0 Å². The van der Waals surface area contributed by atoms with E-state index in [0.717, 1.165) is 28.2 Å². The quantitative estimate of drug-likeness (QED) is 0.744. The lowest BCUT2D eigenvalue weighted by molar-refractivity contribution is -0.121. The summed E-state index contributed by atoms with van der Waals surface area (Å²) in [4.78, 5) is 17.1. The van der Waals surface area contributed by atoms with E-state index in [1.54, 1.807) is 6.20 Å². The van der Waals surface area contributed by atoms with Gasteiger partial charge in [0, 0.05) is 25.4 Å². The molecule has 1 unspecified atom stereocenters. The Morgan fingerprint density at radius 2 is 1.85 bits per heavy atom. The molecule has 1 N–H and O–H groups in total. The van der Waals surface area contributed by atoms with Crippen LogP contribution in [0.3, 0.4) is 0 Å². The fraction of sp³-hybridized carbons (Fsp3) is 0.286. The van der Waals surface area contributed by atoms with Gasteiger partial charge in [0.05, 0.1) is 17.4 Å². The Kier molecular flexibility index (Phi) is 5.46. The molecule has 5 heteroatoms. The monoisotopic (exact) mass is 348 g/mol. The number of aromatic nitrogens is 3. The fourth-order valence-corrected chi connectivity index (χ4v) is 3.17. The van der Waals surface area contributed by atoms with Crippen LogP contribution in [-0.2, 0) is 18.3 Å². The molecule has 1 aromatic carbocycles. The van der Waals surface area contributed by atoms with Crippen molar-refractivity contribution in [3.63, 3.8) is 0 Å². The number of hydrogen-bond acceptors (Lipinski definition) is 3. The summed E-state index contributed by atoms with van der Waals surface area (Å²) in [6, 6.07) is 15.4. The Morgan fingerprint density at radius 3 is 2.46 bits per heavy atom.